The third-order valence-corrected chi connectivity index (χ3v) is 4.68. The minimum Gasteiger partial charge on any atom is -0.492 e. The summed E-state index contributed by atoms with van der Waals surface area (Å²) in [4.78, 5) is 4.57. The van der Waals surface area contributed by atoms with E-state index in [0.29, 0.717) is 24.6 Å². The Labute approximate surface area is 129 Å². The molecule has 3 rings (SSSR count). The highest BCUT2D eigenvalue weighted by molar-refractivity contribution is 7.90. The Kier molecular flexibility index (Phi) is 3.85. The molecule has 0 aromatic heterocycles. The zero-order chi connectivity index (χ0) is 15.6. The van der Waals surface area contributed by atoms with Crippen LogP contribution in [0.4, 0.5) is 0 Å². The van der Waals surface area contributed by atoms with Gasteiger partial charge in [0.2, 0.25) is 0 Å². The van der Waals surface area contributed by atoms with Gasteiger partial charge in [0, 0.05) is 5.56 Å². The number of sulfonamides is 1. The zero-order valence-electron chi connectivity index (χ0n) is 12.1. The van der Waals surface area contributed by atoms with Crippen molar-refractivity contribution in [1.29, 1.82) is 0 Å². The van der Waals surface area contributed by atoms with E-state index in [-0.39, 0.29) is 4.90 Å². The number of rotatable bonds is 4. The van der Waals surface area contributed by atoms with Gasteiger partial charge in [-0.2, -0.15) is 0 Å². The number of nitrogens with zero attached hydrogens (tertiary/aromatic N) is 1. The average molecular weight is 316 g/mol. The molecule has 1 N–H and O–H groups in total. The molecule has 0 saturated carbocycles. The lowest BCUT2D eigenvalue weighted by Crippen LogP contribution is -2.23. The normalized spacial score (nSPS) is 17.0. The van der Waals surface area contributed by atoms with Gasteiger partial charge in [0.05, 0.1) is 11.4 Å². The fraction of sp³-hybridized carbons (Fsp3) is 0.188. The van der Waals surface area contributed by atoms with Crippen LogP contribution in [0.3, 0.4) is 0 Å². The van der Waals surface area contributed by atoms with E-state index in [1.807, 2.05) is 31.2 Å². The summed E-state index contributed by atoms with van der Waals surface area (Å²) in [5.41, 5.74) is 1.74. The van der Waals surface area contributed by atoms with Crippen LogP contribution in [0.2, 0.25) is 0 Å². The highest BCUT2D eigenvalue weighted by Crippen LogP contribution is 2.22. The Balaban J connectivity index is 1.67. The maximum atomic E-state index is 11.9. The number of benzene rings is 2. The van der Waals surface area contributed by atoms with Crippen LogP contribution in [-0.2, 0) is 10.0 Å². The first kappa shape index (κ1) is 14.6. The van der Waals surface area contributed by atoms with E-state index in [1.54, 1.807) is 24.3 Å². The van der Waals surface area contributed by atoms with Gasteiger partial charge in [-0.05, 0) is 36.8 Å². The van der Waals surface area contributed by atoms with Crippen molar-refractivity contribution >= 4 is 15.9 Å². The Hall–Kier alpha value is -2.34. The molecule has 0 bridgehead atoms. The van der Waals surface area contributed by atoms with Crippen LogP contribution < -0.4 is 9.46 Å². The van der Waals surface area contributed by atoms with Crippen LogP contribution in [-0.4, -0.2) is 27.4 Å². The second kappa shape index (κ2) is 5.81. The molecule has 0 saturated heterocycles. The first-order chi connectivity index (χ1) is 10.6. The molecule has 1 aliphatic rings. The Morgan fingerprint density at radius 1 is 1.14 bits per heavy atom. The summed E-state index contributed by atoms with van der Waals surface area (Å²) in [5, 5.41) is 0. The molecule has 1 heterocycles. The van der Waals surface area contributed by atoms with Crippen molar-refractivity contribution in [1.82, 2.24) is 4.72 Å². The van der Waals surface area contributed by atoms with Crippen LogP contribution in [0.25, 0.3) is 0 Å². The van der Waals surface area contributed by atoms with Crippen molar-refractivity contribution in [3.63, 3.8) is 0 Å². The first-order valence-electron chi connectivity index (χ1n) is 6.92. The zero-order valence-corrected chi connectivity index (χ0v) is 12.9. The quantitative estimate of drug-likeness (QED) is 0.879. The van der Waals surface area contributed by atoms with Crippen LogP contribution in [0.5, 0.6) is 5.75 Å². The molecular formula is C16H16N2O3S. The predicted molar refractivity (Wildman–Crippen MR) is 84.8 cm³/mol. The number of fused-ring (bicyclic) bond motifs is 1. The second-order valence-corrected chi connectivity index (χ2v) is 6.65. The first-order valence-corrected chi connectivity index (χ1v) is 8.41. The molecular weight excluding hydrogens is 300 g/mol. The summed E-state index contributed by atoms with van der Waals surface area (Å²) in [6.45, 7) is 2.76. The molecule has 0 amide bonds. The lowest BCUT2D eigenvalue weighted by Gasteiger charge is -2.05. The number of aryl methyl sites for hydroxylation is 1. The van der Waals surface area contributed by atoms with E-state index in [0.717, 1.165) is 11.3 Å². The molecule has 0 radical (unpaired) electrons. The molecule has 6 heteroatoms. The fourth-order valence-corrected chi connectivity index (χ4v) is 3.53. The third-order valence-electron chi connectivity index (χ3n) is 3.28. The van der Waals surface area contributed by atoms with Gasteiger partial charge >= 0.3 is 0 Å². The minimum absolute atomic E-state index is 0.272. The van der Waals surface area contributed by atoms with E-state index in [4.69, 9.17) is 4.74 Å². The number of nitrogens with one attached hydrogen (secondary N) is 1. The van der Waals surface area contributed by atoms with E-state index >= 15 is 0 Å². The van der Waals surface area contributed by atoms with Gasteiger partial charge < -0.3 is 4.74 Å². The van der Waals surface area contributed by atoms with E-state index in [9.17, 15) is 8.42 Å². The van der Waals surface area contributed by atoms with E-state index < -0.39 is 10.0 Å². The monoisotopic (exact) mass is 316 g/mol. The van der Waals surface area contributed by atoms with Crippen molar-refractivity contribution in [3.05, 3.63) is 59.7 Å². The maximum absolute atomic E-state index is 11.9. The SMILES string of the molecule is Cc1cccc(OCCN=C2NS(=O)(=O)c3ccccc32)c1. The summed E-state index contributed by atoms with van der Waals surface area (Å²) in [5.74, 6) is 1.16. The third kappa shape index (κ3) is 2.96. The number of amidine groups is 1. The maximum Gasteiger partial charge on any atom is 0.263 e. The second-order valence-electron chi connectivity index (χ2n) is 5.00. The number of hydrogen-bond donors (Lipinski definition) is 1. The largest absolute Gasteiger partial charge is 0.492 e. The van der Waals surface area contributed by atoms with Crippen molar-refractivity contribution < 1.29 is 13.2 Å². The highest BCUT2D eigenvalue weighted by Gasteiger charge is 2.29. The average Bonchev–Trinajstić information content (AvgIpc) is 2.76. The summed E-state index contributed by atoms with van der Waals surface area (Å²) in [6.07, 6.45) is 0. The summed E-state index contributed by atoms with van der Waals surface area (Å²) in [6, 6.07) is 14.6. The summed E-state index contributed by atoms with van der Waals surface area (Å²) in [7, 11) is -3.47. The van der Waals surface area contributed by atoms with Crippen molar-refractivity contribution in [3.8, 4) is 5.75 Å². The number of ether oxygens (including phenoxy) is 1. The highest BCUT2D eigenvalue weighted by atomic mass is 32.2. The minimum atomic E-state index is -3.47. The molecule has 0 atom stereocenters. The van der Waals surface area contributed by atoms with Crippen LogP contribution in [0.15, 0.2) is 58.4 Å². The van der Waals surface area contributed by atoms with Crippen molar-refractivity contribution in [2.45, 2.75) is 11.8 Å². The Morgan fingerprint density at radius 3 is 2.77 bits per heavy atom. The van der Waals surface area contributed by atoms with Gasteiger partial charge in [-0.1, -0.05) is 24.3 Å². The van der Waals surface area contributed by atoms with E-state index in [1.165, 1.54) is 0 Å². The predicted octanol–water partition coefficient (Wildman–Crippen LogP) is 2.11. The number of aliphatic imine (C=N–C) groups is 1. The van der Waals surface area contributed by atoms with Gasteiger partial charge in [-0.3, -0.25) is 9.71 Å². The van der Waals surface area contributed by atoms with Gasteiger partial charge in [-0.25, -0.2) is 8.42 Å². The Bertz CT molecular complexity index is 829. The molecule has 0 fully saturated rings. The van der Waals surface area contributed by atoms with Crippen LogP contribution in [0.1, 0.15) is 11.1 Å². The van der Waals surface area contributed by atoms with Gasteiger partial charge in [-0.15, -0.1) is 0 Å². The fourth-order valence-electron chi connectivity index (χ4n) is 2.28. The van der Waals surface area contributed by atoms with Crippen LogP contribution >= 0.6 is 0 Å². The summed E-state index contributed by atoms with van der Waals surface area (Å²) < 4.78 is 31.9. The molecule has 0 spiro atoms. The van der Waals surface area contributed by atoms with E-state index in [2.05, 4.69) is 9.71 Å². The Morgan fingerprint density at radius 2 is 1.95 bits per heavy atom. The smallest absolute Gasteiger partial charge is 0.263 e. The standard InChI is InChI=1S/C16H16N2O3S/c1-12-5-4-6-13(11-12)21-10-9-17-16-14-7-2-3-8-15(14)22(19,20)18-16/h2-8,11H,9-10H2,1H3,(H,17,18). The number of hydrogen-bond acceptors (Lipinski definition) is 4. The van der Waals surface area contributed by atoms with Gasteiger partial charge in [0.1, 0.15) is 18.2 Å². The summed E-state index contributed by atoms with van der Waals surface area (Å²) >= 11 is 0. The lowest BCUT2D eigenvalue weighted by atomic mass is 10.2. The molecule has 0 unspecified atom stereocenters. The topological polar surface area (TPSA) is 67.8 Å². The molecule has 1 aliphatic heterocycles. The van der Waals surface area contributed by atoms with Crippen LogP contribution in [0, 0.1) is 6.92 Å². The van der Waals surface area contributed by atoms with Gasteiger partial charge in [0.15, 0.2) is 0 Å². The van der Waals surface area contributed by atoms with Gasteiger partial charge in [0.25, 0.3) is 10.0 Å². The molecule has 22 heavy (non-hydrogen) atoms. The molecule has 0 aliphatic carbocycles. The molecule has 114 valence electrons. The molecule has 2 aromatic carbocycles. The van der Waals surface area contributed by atoms with Crippen molar-refractivity contribution in [2.24, 2.45) is 4.99 Å². The lowest BCUT2D eigenvalue weighted by molar-refractivity contribution is 0.328. The van der Waals surface area contributed by atoms with Crippen molar-refractivity contribution in [2.75, 3.05) is 13.2 Å². The molecule has 2 aromatic rings. The molecule has 5 nitrogen and oxygen atoms in total.